The van der Waals surface area contributed by atoms with Crippen molar-refractivity contribution in [2.24, 2.45) is 0 Å². The monoisotopic (exact) mass is 459 g/mol. The van der Waals surface area contributed by atoms with Gasteiger partial charge in [0.25, 0.3) is 5.91 Å². The maximum absolute atomic E-state index is 12.7. The van der Waals surface area contributed by atoms with Gasteiger partial charge in [-0.2, -0.15) is 0 Å². The molecule has 0 saturated carbocycles. The minimum Gasteiger partial charge on any atom is -0.478 e. The van der Waals surface area contributed by atoms with Crippen LogP contribution in [0.15, 0.2) is 71.8 Å². The molecule has 0 aliphatic rings. The number of nitrogens with one attached hydrogen (secondary N) is 2. The van der Waals surface area contributed by atoms with Gasteiger partial charge in [-0.1, -0.05) is 48.0 Å². The van der Waals surface area contributed by atoms with Gasteiger partial charge in [0.2, 0.25) is 15.9 Å². The highest BCUT2D eigenvalue weighted by molar-refractivity contribution is 7.89. The van der Waals surface area contributed by atoms with E-state index < -0.39 is 15.9 Å². The van der Waals surface area contributed by atoms with Gasteiger partial charge in [-0.05, 0) is 36.8 Å². The van der Waals surface area contributed by atoms with Crippen LogP contribution in [0.1, 0.15) is 28.4 Å². The minimum absolute atomic E-state index is 0.0306. The van der Waals surface area contributed by atoms with Crippen molar-refractivity contribution in [1.29, 1.82) is 0 Å². The van der Waals surface area contributed by atoms with Gasteiger partial charge in [-0.15, -0.1) is 0 Å². The Morgan fingerprint density at radius 2 is 1.84 bits per heavy atom. The summed E-state index contributed by atoms with van der Waals surface area (Å²) in [6.07, 6.45) is 1.61. The van der Waals surface area contributed by atoms with Gasteiger partial charge >= 0.3 is 0 Å². The number of amides is 1. The van der Waals surface area contributed by atoms with E-state index >= 15 is 0 Å². The molecule has 162 valence electrons. The lowest BCUT2D eigenvalue weighted by Crippen LogP contribution is -2.26. The van der Waals surface area contributed by atoms with Crippen LogP contribution in [-0.4, -0.2) is 25.9 Å². The van der Waals surface area contributed by atoms with E-state index in [-0.39, 0.29) is 28.6 Å². The van der Waals surface area contributed by atoms with Crippen LogP contribution in [0.4, 0.5) is 0 Å². The average Bonchev–Trinajstić information content (AvgIpc) is 2.78. The molecule has 0 aliphatic heterocycles. The molecule has 0 spiro atoms. The zero-order valence-corrected chi connectivity index (χ0v) is 18.4. The van der Waals surface area contributed by atoms with E-state index in [2.05, 4.69) is 15.0 Å². The van der Waals surface area contributed by atoms with Crippen LogP contribution < -0.4 is 14.8 Å². The molecule has 0 radical (unpaired) electrons. The third-order valence-corrected chi connectivity index (χ3v) is 6.25. The third-order valence-electron chi connectivity index (χ3n) is 4.36. The molecule has 0 fully saturated rings. The molecule has 2 aromatic carbocycles. The molecule has 1 amide bonds. The molecule has 3 rings (SSSR count). The van der Waals surface area contributed by atoms with E-state index in [0.717, 1.165) is 5.56 Å². The summed E-state index contributed by atoms with van der Waals surface area (Å²) in [5.74, 6) is -0.00253. The van der Waals surface area contributed by atoms with Gasteiger partial charge in [0.15, 0.2) is 0 Å². The van der Waals surface area contributed by atoms with E-state index in [4.69, 9.17) is 16.3 Å². The predicted octanol–water partition coefficient (Wildman–Crippen LogP) is 3.54. The smallest absolute Gasteiger partial charge is 0.251 e. The lowest BCUT2D eigenvalue weighted by molar-refractivity contribution is 0.0950. The predicted molar refractivity (Wildman–Crippen MR) is 118 cm³/mol. The van der Waals surface area contributed by atoms with Crippen molar-refractivity contribution < 1.29 is 17.9 Å². The quantitative estimate of drug-likeness (QED) is 0.510. The van der Waals surface area contributed by atoms with Crippen LogP contribution in [0.5, 0.6) is 5.88 Å². The van der Waals surface area contributed by atoms with E-state index in [9.17, 15) is 13.2 Å². The zero-order chi connectivity index (χ0) is 22.3. The molecule has 31 heavy (non-hydrogen) atoms. The molecular formula is C22H22ClN3O4S. The fourth-order valence-corrected chi connectivity index (χ4v) is 4.35. The van der Waals surface area contributed by atoms with Crippen LogP contribution in [0, 0.1) is 0 Å². The average molecular weight is 460 g/mol. The van der Waals surface area contributed by atoms with E-state index in [1.807, 2.05) is 37.3 Å². The summed E-state index contributed by atoms with van der Waals surface area (Å²) >= 11 is 6.12. The minimum atomic E-state index is -3.92. The molecule has 0 bridgehead atoms. The summed E-state index contributed by atoms with van der Waals surface area (Å²) < 4.78 is 33.4. The highest BCUT2D eigenvalue weighted by Crippen LogP contribution is 2.23. The number of ether oxygens (including phenoxy) is 1. The molecule has 0 aliphatic carbocycles. The van der Waals surface area contributed by atoms with Gasteiger partial charge in [-0.3, -0.25) is 4.79 Å². The number of sulfonamides is 1. The maximum Gasteiger partial charge on any atom is 0.251 e. The second-order valence-corrected chi connectivity index (χ2v) is 8.68. The number of nitrogens with zero attached hydrogens (tertiary/aromatic N) is 1. The van der Waals surface area contributed by atoms with Gasteiger partial charge in [0.1, 0.15) is 4.90 Å². The van der Waals surface area contributed by atoms with E-state index in [0.29, 0.717) is 18.1 Å². The summed E-state index contributed by atoms with van der Waals surface area (Å²) in [5, 5.41) is 2.78. The molecule has 2 N–H and O–H groups in total. The number of carbonyl (C=O) groups excluding carboxylic acids is 1. The Kier molecular flexibility index (Phi) is 7.62. The molecule has 1 heterocycles. The Hall–Kier alpha value is -2.94. The van der Waals surface area contributed by atoms with Crippen LogP contribution in [0.2, 0.25) is 5.02 Å². The topological polar surface area (TPSA) is 97.4 Å². The molecule has 3 aromatic rings. The fourth-order valence-electron chi connectivity index (χ4n) is 2.81. The number of hydrogen-bond acceptors (Lipinski definition) is 5. The molecule has 0 saturated heterocycles. The first-order chi connectivity index (χ1) is 14.9. The first-order valence-electron chi connectivity index (χ1n) is 9.58. The highest BCUT2D eigenvalue weighted by Gasteiger charge is 2.20. The Morgan fingerprint density at radius 1 is 1.06 bits per heavy atom. The van der Waals surface area contributed by atoms with Crippen molar-refractivity contribution in [3.05, 3.63) is 88.6 Å². The van der Waals surface area contributed by atoms with Crippen molar-refractivity contribution in [3.63, 3.8) is 0 Å². The third kappa shape index (κ3) is 6.04. The maximum atomic E-state index is 12.7. The molecule has 0 unspecified atom stereocenters. The van der Waals surface area contributed by atoms with Crippen molar-refractivity contribution in [2.75, 3.05) is 6.61 Å². The SMILES string of the molecule is CCOc1ncccc1CNC(=O)c1ccc(Cl)c(S(=O)(=O)NCc2ccccc2)c1. The molecule has 7 nitrogen and oxygen atoms in total. The Morgan fingerprint density at radius 3 is 2.58 bits per heavy atom. The van der Waals surface area contributed by atoms with Crippen molar-refractivity contribution >= 4 is 27.5 Å². The lowest BCUT2D eigenvalue weighted by Gasteiger charge is -2.12. The van der Waals surface area contributed by atoms with Gasteiger partial charge < -0.3 is 10.1 Å². The Bertz CT molecular complexity index is 1150. The molecule has 1 aromatic heterocycles. The number of aromatic nitrogens is 1. The fraction of sp³-hybridized carbons (Fsp3) is 0.182. The Labute approximate surface area is 186 Å². The molecule has 0 atom stereocenters. The first-order valence-corrected chi connectivity index (χ1v) is 11.4. The number of rotatable bonds is 9. The highest BCUT2D eigenvalue weighted by atomic mass is 35.5. The van der Waals surface area contributed by atoms with E-state index in [1.54, 1.807) is 18.3 Å². The summed E-state index contributed by atoms with van der Waals surface area (Å²) in [4.78, 5) is 16.6. The van der Waals surface area contributed by atoms with Gasteiger partial charge in [0.05, 0.1) is 11.6 Å². The summed E-state index contributed by atoms with van der Waals surface area (Å²) in [5.41, 5.74) is 1.69. The van der Waals surface area contributed by atoms with Gasteiger partial charge in [-0.25, -0.2) is 18.1 Å². The molecule has 9 heteroatoms. The second-order valence-electron chi connectivity index (χ2n) is 6.54. The largest absolute Gasteiger partial charge is 0.478 e. The second kappa shape index (κ2) is 10.4. The zero-order valence-electron chi connectivity index (χ0n) is 16.8. The van der Waals surface area contributed by atoms with Crippen LogP contribution in [0.3, 0.4) is 0 Å². The molecular weight excluding hydrogens is 438 g/mol. The normalized spacial score (nSPS) is 11.2. The van der Waals surface area contributed by atoms with Gasteiger partial charge in [0, 0.05) is 30.4 Å². The lowest BCUT2D eigenvalue weighted by atomic mass is 10.2. The number of carbonyl (C=O) groups is 1. The van der Waals surface area contributed by atoms with Crippen LogP contribution in [-0.2, 0) is 23.1 Å². The first kappa shape index (κ1) is 22.7. The van der Waals surface area contributed by atoms with Crippen LogP contribution in [0.25, 0.3) is 0 Å². The Balaban J connectivity index is 1.73. The summed E-state index contributed by atoms with van der Waals surface area (Å²) in [7, 11) is -3.92. The van der Waals surface area contributed by atoms with Crippen LogP contribution >= 0.6 is 11.6 Å². The van der Waals surface area contributed by atoms with Crippen molar-refractivity contribution in [3.8, 4) is 5.88 Å². The van der Waals surface area contributed by atoms with Crippen molar-refractivity contribution in [1.82, 2.24) is 15.0 Å². The number of hydrogen-bond donors (Lipinski definition) is 2. The number of benzene rings is 2. The summed E-state index contributed by atoms with van der Waals surface area (Å²) in [6, 6.07) is 16.8. The number of halogens is 1. The summed E-state index contributed by atoms with van der Waals surface area (Å²) in [6.45, 7) is 2.58. The van der Waals surface area contributed by atoms with E-state index in [1.165, 1.54) is 18.2 Å². The standard InChI is InChI=1S/C22H22ClN3O4S/c1-2-30-22-18(9-6-12-24-22)15-25-21(27)17-10-11-19(23)20(13-17)31(28,29)26-14-16-7-4-3-5-8-16/h3-13,26H,2,14-15H2,1H3,(H,25,27). The van der Waals surface area contributed by atoms with Crippen molar-refractivity contribution in [2.45, 2.75) is 24.9 Å². The number of pyridine rings is 1.